The van der Waals surface area contributed by atoms with Crippen molar-refractivity contribution in [3.63, 3.8) is 0 Å². The van der Waals surface area contributed by atoms with Crippen molar-refractivity contribution in [2.75, 3.05) is 46.7 Å². The number of benzene rings is 2. The summed E-state index contributed by atoms with van der Waals surface area (Å²) in [5.74, 6) is -0.409. The second kappa shape index (κ2) is 8.81. The zero-order valence-corrected chi connectivity index (χ0v) is 17.4. The lowest BCUT2D eigenvalue weighted by Gasteiger charge is -2.37. The molecule has 2 N–H and O–H groups in total. The molecule has 0 radical (unpaired) electrons. The minimum Gasteiger partial charge on any atom is -0.447 e. The Hall–Kier alpha value is -3.33. The molecule has 0 saturated carbocycles. The summed E-state index contributed by atoms with van der Waals surface area (Å²) in [5, 5.41) is 5.34. The lowest BCUT2D eigenvalue weighted by atomic mass is 10.2. The molecule has 0 unspecified atom stereocenters. The summed E-state index contributed by atoms with van der Waals surface area (Å²) >= 11 is 0. The molecule has 3 amide bonds. The van der Waals surface area contributed by atoms with E-state index < -0.39 is 17.9 Å². The number of nitrogens with one attached hydrogen (secondary N) is 2. The Balaban J connectivity index is 1.40. The van der Waals surface area contributed by atoms with Crippen LogP contribution in [0.3, 0.4) is 0 Å². The number of cyclic esters (lactones) is 1. The van der Waals surface area contributed by atoms with Gasteiger partial charge in [-0.3, -0.25) is 4.90 Å². The molecule has 2 saturated heterocycles. The molecule has 0 spiro atoms. The number of rotatable bonds is 4. The normalized spacial score (nSPS) is 21.1. The van der Waals surface area contributed by atoms with E-state index >= 15 is 0 Å². The van der Waals surface area contributed by atoms with Gasteiger partial charge in [-0.1, -0.05) is 6.07 Å². The molecular formula is C22H25FN4O4. The number of halogens is 1. The molecule has 2 atom stereocenters. The maximum Gasteiger partial charge on any atom is 0.414 e. The SMILES string of the molecule is C[C@@H]1CN(c2ccc(NC(=O)Nc3cccc(N4CCOC4=O)c3)cc2F)C[C@H](C)O1. The Labute approximate surface area is 179 Å². The summed E-state index contributed by atoms with van der Waals surface area (Å²) in [7, 11) is 0. The lowest BCUT2D eigenvalue weighted by Crippen LogP contribution is -2.45. The fourth-order valence-electron chi connectivity index (χ4n) is 3.89. The minimum absolute atomic E-state index is 0.0184. The monoisotopic (exact) mass is 428 g/mol. The van der Waals surface area contributed by atoms with Gasteiger partial charge >= 0.3 is 12.1 Å². The fourth-order valence-corrected chi connectivity index (χ4v) is 3.89. The van der Waals surface area contributed by atoms with E-state index in [9.17, 15) is 14.0 Å². The van der Waals surface area contributed by atoms with Crippen LogP contribution in [0.15, 0.2) is 42.5 Å². The highest BCUT2D eigenvalue weighted by molar-refractivity contribution is 6.00. The van der Waals surface area contributed by atoms with Crippen molar-refractivity contribution >= 4 is 34.9 Å². The predicted octanol–water partition coefficient (Wildman–Crippen LogP) is 4.04. The number of hydrogen-bond acceptors (Lipinski definition) is 5. The number of anilines is 4. The molecule has 2 aliphatic rings. The van der Waals surface area contributed by atoms with Gasteiger partial charge in [-0.05, 0) is 50.2 Å². The summed E-state index contributed by atoms with van der Waals surface area (Å²) in [6.45, 7) is 5.93. The number of amides is 3. The summed E-state index contributed by atoms with van der Waals surface area (Å²) in [4.78, 5) is 27.5. The van der Waals surface area contributed by atoms with E-state index in [0.29, 0.717) is 49.0 Å². The predicted molar refractivity (Wildman–Crippen MR) is 116 cm³/mol. The first-order valence-corrected chi connectivity index (χ1v) is 10.2. The largest absolute Gasteiger partial charge is 0.447 e. The lowest BCUT2D eigenvalue weighted by molar-refractivity contribution is -0.00539. The molecule has 4 rings (SSSR count). The third kappa shape index (κ3) is 4.88. The molecule has 2 aliphatic heterocycles. The van der Waals surface area contributed by atoms with E-state index in [4.69, 9.17) is 9.47 Å². The van der Waals surface area contributed by atoms with Crippen LogP contribution in [0, 0.1) is 5.82 Å². The maximum atomic E-state index is 14.7. The first-order valence-electron chi connectivity index (χ1n) is 10.2. The molecule has 0 aliphatic carbocycles. The van der Waals surface area contributed by atoms with Gasteiger partial charge in [-0.2, -0.15) is 0 Å². The van der Waals surface area contributed by atoms with Crippen LogP contribution in [-0.4, -0.2) is 50.6 Å². The van der Waals surface area contributed by atoms with Crippen LogP contribution in [0.4, 0.5) is 36.7 Å². The Morgan fingerprint density at radius 1 is 1.06 bits per heavy atom. The smallest absolute Gasteiger partial charge is 0.414 e. The molecule has 2 aromatic carbocycles. The number of hydrogen-bond donors (Lipinski definition) is 2. The summed E-state index contributed by atoms with van der Waals surface area (Å²) in [6.07, 6.45) is -0.379. The third-order valence-corrected chi connectivity index (χ3v) is 5.14. The van der Waals surface area contributed by atoms with Crippen molar-refractivity contribution in [3.8, 4) is 0 Å². The molecule has 2 fully saturated rings. The maximum absolute atomic E-state index is 14.7. The highest BCUT2D eigenvalue weighted by atomic mass is 19.1. The van der Waals surface area contributed by atoms with Gasteiger partial charge in [0.15, 0.2) is 0 Å². The van der Waals surface area contributed by atoms with Gasteiger partial charge in [-0.25, -0.2) is 14.0 Å². The number of morpholine rings is 1. The van der Waals surface area contributed by atoms with Gasteiger partial charge in [0.1, 0.15) is 12.4 Å². The van der Waals surface area contributed by atoms with Gasteiger partial charge in [0.05, 0.1) is 24.4 Å². The molecule has 8 nitrogen and oxygen atoms in total. The second-order valence-corrected chi connectivity index (χ2v) is 7.72. The first-order chi connectivity index (χ1) is 14.9. The number of nitrogens with zero attached hydrogens (tertiary/aromatic N) is 2. The van der Waals surface area contributed by atoms with Crippen molar-refractivity contribution in [1.29, 1.82) is 0 Å². The van der Waals surface area contributed by atoms with Crippen LogP contribution >= 0.6 is 0 Å². The van der Waals surface area contributed by atoms with E-state index in [1.807, 2.05) is 18.7 Å². The van der Waals surface area contributed by atoms with Crippen LogP contribution in [0.1, 0.15) is 13.8 Å². The Morgan fingerprint density at radius 2 is 1.77 bits per heavy atom. The van der Waals surface area contributed by atoms with E-state index in [2.05, 4.69) is 10.6 Å². The summed E-state index contributed by atoms with van der Waals surface area (Å²) in [5.41, 5.74) is 1.96. The zero-order chi connectivity index (χ0) is 22.0. The van der Waals surface area contributed by atoms with Crippen molar-refractivity contribution in [2.24, 2.45) is 0 Å². The van der Waals surface area contributed by atoms with E-state index in [1.54, 1.807) is 36.4 Å². The van der Waals surface area contributed by atoms with Crippen molar-refractivity contribution in [1.82, 2.24) is 0 Å². The quantitative estimate of drug-likeness (QED) is 0.768. The third-order valence-electron chi connectivity index (χ3n) is 5.14. The molecule has 0 aromatic heterocycles. The standard InChI is InChI=1S/C22H25FN4O4/c1-14-12-26(13-15(2)31-14)20-7-6-17(11-19(20)23)25-21(28)24-16-4-3-5-18(10-16)27-8-9-30-22(27)29/h3-7,10-11,14-15H,8-9,12-13H2,1-2H3,(H2,24,25,28)/t14-,15+. The highest BCUT2D eigenvalue weighted by Crippen LogP contribution is 2.27. The second-order valence-electron chi connectivity index (χ2n) is 7.72. The Kier molecular flexibility index (Phi) is 5.94. The molecule has 2 heterocycles. The minimum atomic E-state index is -0.512. The van der Waals surface area contributed by atoms with Gasteiger partial charge in [0, 0.05) is 30.2 Å². The number of urea groups is 1. The van der Waals surface area contributed by atoms with Crippen LogP contribution in [0.25, 0.3) is 0 Å². The zero-order valence-electron chi connectivity index (χ0n) is 17.4. The van der Waals surface area contributed by atoms with E-state index in [-0.39, 0.29) is 12.2 Å². The average molecular weight is 428 g/mol. The van der Waals surface area contributed by atoms with Gasteiger partial charge in [-0.15, -0.1) is 0 Å². The van der Waals surface area contributed by atoms with E-state index in [1.165, 1.54) is 11.0 Å². The summed E-state index contributed by atoms with van der Waals surface area (Å²) < 4.78 is 25.4. The molecular weight excluding hydrogens is 403 g/mol. The number of ether oxygens (including phenoxy) is 2. The average Bonchev–Trinajstić information content (AvgIpc) is 3.13. The molecule has 0 bridgehead atoms. The number of carbonyl (C=O) groups excluding carboxylic acids is 2. The molecule has 164 valence electrons. The van der Waals surface area contributed by atoms with Crippen LogP contribution in [0.5, 0.6) is 0 Å². The molecule has 9 heteroatoms. The molecule has 31 heavy (non-hydrogen) atoms. The van der Waals surface area contributed by atoms with Gasteiger partial charge in [0.2, 0.25) is 0 Å². The van der Waals surface area contributed by atoms with Crippen molar-refractivity contribution < 1.29 is 23.5 Å². The Morgan fingerprint density at radius 3 is 2.42 bits per heavy atom. The van der Waals surface area contributed by atoms with Crippen LogP contribution in [0.2, 0.25) is 0 Å². The van der Waals surface area contributed by atoms with Gasteiger partial charge in [0.25, 0.3) is 0 Å². The Bertz CT molecular complexity index is 976. The highest BCUT2D eigenvalue weighted by Gasteiger charge is 2.25. The summed E-state index contributed by atoms with van der Waals surface area (Å²) in [6, 6.07) is 11.0. The van der Waals surface area contributed by atoms with Crippen molar-refractivity contribution in [3.05, 3.63) is 48.3 Å². The first kappa shape index (κ1) is 20.9. The fraction of sp³-hybridized carbons (Fsp3) is 0.364. The topological polar surface area (TPSA) is 83.1 Å². The van der Waals surface area contributed by atoms with Gasteiger partial charge < -0.3 is 25.0 Å². The molecule has 2 aromatic rings. The number of carbonyl (C=O) groups is 2. The van der Waals surface area contributed by atoms with Crippen molar-refractivity contribution in [2.45, 2.75) is 26.1 Å². The van der Waals surface area contributed by atoms with Crippen LogP contribution < -0.4 is 20.4 Å². The van der Waals surface area contributed by atoms with Crippen LogP contribution in [-0.2, 0) is 9.47 Å². The van der Waals surface area contributed by atoms with E-state index in [0.717, 1.165) is 0 Å².